The van der Waals surface area contributed by atoms with Gasteiger partial charge in [0.25, 0.3) is 0 Å². The average molecular weight is 227 g/mol. The van der Waals surface area contributed by atoms with Gasteiger partial charge in [-0.25, -0.2) is 0 Å². The van der Waals surface area contributed by atoms with Crippen molar-refractivity contribution in [2.24, 2.45) is 0 Å². The number of rotatable bonds is 4. The summed E-state index contributed by atoms with van der Waals surface area (Å²) in [6, 6.07) is 5.27. The molecule has 1 aromatic carbocycles. The van der Waals surface area contributed by atoms with Gasteiger partial charge in [-0.3, -0.25) is 4.79 Å². The minimum atomic E-state index is -0.856. The van der Waals surface area contributed by atoms with Crippen molar-refractivity contribution in [3.63, 3.8) is 0 Å². The molecule has 0 fully saturated rings. The lowest BCUT2D eigenvalue weighted by atomic mass is 10.2. The van der Waals surface area contributed by atoms with Crippen LogP contribution < -0.4 is 4.74 Å². The van der Waals surface area contributed by atoms with E-state index in [0.29, 0.717) is 10.8 Å². The molecule has 4 heteroatoms. The van der Waals surface area contributed by atoms with E-state index < -0.39 is 5.97 Å². The number of benzene rings is 1. The van der Waals surface area contributed by atoms with Gasteiger partial charge in [-0.1, -0.05) is 29.8 Å². The van der Waals surface area contributed by atoms with Crippen LogP contribution in [0.3, 0.4) is 0 Å². The van der Waals surface area contributed by atoms with E-state index >= 15 is 0 Å². The maximum Gasteiger partial charge on any atom is 0.307 e. The van der Waals surface area contributed by atoms with Crippen LogP contribution in [0.2, 0.25) is 5.02 Å². The van der Waals surface area contributed by atoms with Gasteiger partial charge in [0.1, 0.15) is 5.75 Å². The number of aliphatic carboxylic acids is 1. The molecule has 0 radical (unpaired) electrons. The highest BCUT2D eigenvalue weighted by atomic mass is 35.5. The Morgan fingerprint density at radius 1 is 1.60 bits per heavy atom. The Morgan fingerprint density at radius 2 is 2.33 bits per heavy atom. The highest BCUT2D eigenvalue weighted by Gasteiger charge is 1.99. The molecule has 1 N–H and O–H groups in total. The second-order valence-corrected chi connectivity index (χ2v) is 3.30. The molecule has 0 saturated carbocycles. The van der Waals surface area contributed by atoms with Crippen molar-refractivity contribution in [3.8, 4) is 5.75 Å². The monoisotopic (exact) mass is 226 g/mol. The molecule has 1 rings (SSSR count). The number of carboxylic acid groups (broad SMARTS) is 1. The Morgan fingerprint density at radius 3 is 2.87 bits per heavy atom. The summed E-state index contributed by atoms with van der Waals surface area (Å²) in [5.41, 5.74) is 0.849. The number of hydrogen-bond donors (Lipinski definition) is 1. The van der Waals surface area contributed by atoms with E-state index in [1.54, 1.807) is 31.4 Å². The van der Waals surface area contributed by atoms with E-state index in [4.69, 9.17) is 21.4 Å². The lowest BCUT2D eigenvalue weighted by Crippen LogP contribution is -1.89. The quantitative estimate of drug-likeness (QED) is 0.859. The minimum Gasteiger partial charge on any atom is -0.495 e. The Kier molecular flexibility index (Phi) is 4.18. The van der Waals surface area contributed by atoms with E-state index in [0.717, 1.165) is 5.56 Å². The van der Waals surface area contributed by atoms with Crippen LogP contribution in [0.4, 0.5) is 0 Å². The van der Waals surface area contributed by atoms with Crippen LogP contribution in [0.1, 0.15) is 12.0 Å². The van der Waals surface area contributed by atoms with E-state index in [1.807, 2.05) is 6.07 Å². The Hall–Kier alpha value is -1.48. The molecule has 0 atom stereocenters. The largest absolute Gasteiger partial charge is 0.495 e. The lowest BCUT2D eigenvalue weighted by Gasteiger charge is -2.02. The zero-order chi connectivity index (χ0) is 11.3. The van der Waals surface area contributed by atoms with Crippen molar-refractivity contribution in [1.82, 2.24) is 0 Å². The predicted molar refractivity (Wildman–Crippen MR) is 59.3 cm³/mol. The van der Waals surface area contributed by atoms with E-state index in [-0.39, 0.29) is 6.42 Å². The van der Waals surface area contributed by atoms with E-state index in [9.17, 15) is 4.79 Å². The predicted octanol–water partition coefficient (Wildman–Crippen LogP) is 2.84. The Balaban J connectivity index is 2.75. The second-order valence-electron chi connectivity index (χ2n) is 2.89. The van der Waals surface area contributed by atoms with Crippen LogP contribution in [0.5, 0.6) is 5.75 Å². The molecule has 1 aromatic rings. The second kappa shape index (κ2) is 5.41. The van der Waals surface area contributed by atoms with Crippen molar-refractivity contribution in [3.05, 3.63) is 34.9 Å². The van der Waals surface area contributed by atoms with Crippen LogP contribution in [0, 0.1) is 0 Å². The Labute approximate surface area is 92.9 Å². The van der Waals surface area contributed by atoms with Gasteiger partial charge in [0.15, 0.2) is 0 Å². The normalized spacial score (nSPS) is 10.5. The number of carbonyl (C=O) groups is 1. The SMILES string of the molecule is COc1ccc(/C=C/CC(=O)O)cc1Cl. The van der Waals surface area contributed by atoms with Gasteiger partial charge in [-0.05, 0) is 17.7 Å². The molecular formula is C11H11ClO3. The fourth-order valence-electron chi connectivity index (χ4n) is 1.08. The number of ether oxygens (including phenoxy) is 1. The van der Waals surface area contributed by atoms with E-state index in [2.05, 4.69) is 0 Å². The van der Waals surface area contributed by atoms with Gasteiger partial charge in [-0.15, -0.1) is 0 Å². The number of hydrogen-bond acceptors (Lipinski definition) is 2. The van der Waals surface area contributed by atoms with Crippen LogP contribution >= 0.6 is 11.6 Å². The molecule has 0 aliphatic carbocycles. The summed E-state index contributed by atoms with van der Waals surface area (Å²) in [4.78, 5) is 10.3. The van der Waals surface area contributed by atoms with Gasteiger partial charge >= 0.3 is 5.97 Å². The van der Waals surface area contributed by atoms with Gasteiger partial charge in [0.2, 0.25) is 0 Å². The standard InChI is InChI=1S/C11H11ClO3/c1-15-10-6-5-8(7-9(10)12)3-2-4-11(13)14/h2-3,5-7H,4H2,1H3,(H,13,14)/b3-2+. The number of carboxylic acids is 1. The molecule has 0 aliphatic heterocycles. The van der Waals surface area contributed by atoms with Crippen LogP contribution in [0.25, 0.3) is 6.08 Å². The molecule has 0 heterocycles. The molecule has 3 nitrogen and oxygen atoms in total. The summed E-state index contributed by atoms with van der Waals surface area (Å²) in [6.07, 6.45) is 3.28. The molecule has 80 valence electrons. The summed E-state index contributed by atoms with van der Waals surface area (Å²) in [6.45, 7) is 0. The summed E-state index contributed by atoms with van der Waals surface area (Å²) >= 11 is 5.90. The molecular weight excluding hydrogens is 216 g/mol. The molecule has 0 unspecified atom stereocenters. The maximum atomic E-state index is 10.3. The van der Waals surface area contributed by atoms with Crippen LogP contribution in [-0.4, -0.2) is 18.2 Å². The minimum absolute atomic E-state index is 0.00362. The van der Waals surface area contributed by atoms with Crippen LogP contribution in [0.15, 0.2) is 24.3 Å². The third-order valence-electron chi connectivity index (χ3n) is 1.78. The van der Waals surface area contributed by atoms with E-state index in [1.165, 1.54) is 0 Å². The van der Waals surface area contributed by atoms with Crippen molar-refractivity contribution in [2.45, 2.75) is 6.42 Å². The topological polar surface area (TPSA) is 46.5 Å². The molecule has 0 aromatic heterocycles. The lowest BCUT2D eigenvalue weighted by molar-refractivity contribution is -0.135. The summed E-state index contributed by atoms with van der Waals surface area (Å²) < 4.78 is 4.99. The summed E-state index contributed by atoms with van der Waals surface area (Å²) in [5.74, 6) is -0.252. The zero-order valence-electron chi connectivity index (χ0n) is 8.24. The van der Waals surface area contributed by atoms with Gasteiger partial charge in [0.05, 0.1) is 18.6 Å². The molecule has 0 saturated heterocycles. The first-order valence-corrected chi connectivity index (χ1v) is 4.73. The number of methoxy groups -OCH3 is 1. The summed E-state index contributed by atoms with van der Waals surface area (Å²) in [5, 5.41) is 8.94. The van der Waals surface area contributed by atoms with Crippen LogP contribution in [-0.2, 0) is 4.79 Å². The van der Waals surface area contributed by atoms with Crippen molar-refractivity contribution in [2.75, 3.05) is 7.11 Å². The third kappa shape index (κ3) is 3.64. The number of halogens is 1. The molecule has 0 spiro atoms. The maximum absolute atomic E-state index is 10.3. The zero-order valence-corrected chi connectivity index (χ0v) is 8.99. The fourth-order valence-corrected chi connectivity index (χ4v) is 1.35. The smallest absolute Gasteiger partial charge is 0.307 e. The van der Waals surface area contributed by atoms with Crippen molar-refractivity contribution in [1.29, 1.82) is 0 Å². The van der Waals surface area contributed by atoms with Crippen molar-refractivity contribution < 1.29 is 14.6 Å². The van der Waals surface area contributed by atoms with Gasteiger partial charge < -0.3 is 9.84 Å². The third-order valence-corrected chi connectivity index (χ3v) is 2.07. The fraction of sp³-hybridized carbons (Fsp3) is 0.182. The highest BCUT2D eigenvalue weighted by Crippen LogP contribution is 2.25. The molecule has 0 bridgehead atoms. The molecule has 0 aliphatic rings. The van der Waals surface area contributed by atoms with Gasteiger partial charge in [-0.2, -0.15) is 0 Å². The Bertz CT molecular complexity index is 385. The highest BCUT2D eigenvalue weighted by molar-refractivity contribution is 6.32. The average Bonchev–Trinajstić information content (AvgIpc) is 2.17. The molecule has 15 heavy (non-hydrogen) atoms. The van der Waals surface area contributed by atoms with Crippen molar-refractivity contribution >= 4 is 23.6 Å². The first-order valence-electron chi connectivity index (χ1n) is 4.35. The first-order chi connectivity index (χ1) is 7.13. The molecule has 0 amide bonds. The van der Waals surface area contributed by atoms with Gasteiger partial charge in [0, 0.05) is 0 Å². The summed E-state index contributed by atoms with van der Waals surface area (Å²) in [7, 11) is 1.54. The first kappa shape index (κ1) is 11.6.